The zero-order valence-corrected chi connectivity index (χ0v) is 12.7. The average molecular weight is 317 g/mol. The van der Waals surface area contributed by atoms with E-state index in [9.17, 15) is 14.4 Å². The maximum Gasteiger partial charge on any atom is 0.306 e. The molecule has 7 heteroatoms. The lowest BCUT2D eigenvalue weighted by atomic mass is 9.79. The third-order valence-electron chi connectivity index (χ3n) is 4.34. The number of carbonyl (C=O) groups excluding carboxylic acids is 3. The van der Waals surface area contributed by atoms with Crippen molar-refractivity contribution < 1.29 is 19.1 Å². The highest BCUT2D eigenvalue weighted by Gasteiger charge is 2.46. The number of ether oxygens (including phenoxy) is 1. The van der Waals surface area contributed by atoms with Crippen molar-refractivity contribution in [1.29, 1.82) is 0 Å². The second-order valence-electron chi connectivity index (χ2n) is 5.98. The van der Waals surface area contributed by atoms with Gasteiger partial charge in [0.1, 0.15) is 17.8 Å². The molecule has 3 heterocycles. The minimum absolute atomic E-state index is 0.0834. The summed E-state index contributed by atoms with van der Waals surface area (Å²) in [5, 5.41) is 6.03. The Morgan fingerprint density at radius 2 is 2.26 bits per heavy atom. The van der Waals surface area contributed by atoms with Crippen LogP contribution in [0.3, 0.4) is 0 Å². The lowest BCUT2D eigenvalue weighted by Crippen LogP contribution is -2.64. The molecule has 3 rings (SSSR count). The number of carbonyl (C=O) groups is 3. The maximum absolute atomic E-state index is 12.9. The van der Waals surface area contributed by atoms with Gasteiger partial charge in [-0.25, -0.2) is 0 Å². The lowest BCUT2D eigenvalue weighted by Gasteiger charge is -2.38. The van der Waals surface area contributed by atoms with Crippen LogP contribution in [0.15, 0.2) is 24.4 Å². The molecule has 1 aromatic rings. The van der Waals surface area contributed by atoms with Crippen LogP contribution in [0.25, 0.3) is 0 Å². The van der Waals surface area contributed by atoms with Crippen molar-refractivity contribution in [3.63, 3.8) is 0 Å². The Kier molecular flexibility index (Phi) is 4.38. The van der Waals surface area contributed by atoms with Crippen LogP contribution in [0, 0.1) is 5.92 Å². The largest absolute Gasteiger partial charge is 0.465 e. The Morgan fingerprint density at radius 1 is 1.39 bits per heavy atom. The molecule has 0 aromatic carbocycles. The zero-order chi connectivity index (χ0) is 16.3. The molecular weight excluding hydrogens is 298 g/mol. The molecule has 0 bridgehead atoms. The number of pyridine rings is 1. The van der Waals surface area contributed by atoms with E-state index in [4.69, 9.17) is 4.74 Å². The highest BCUT2D eigenvalue weighted by molar-refractivity contribution is 6.01. The Labute approximate surface area is 133 Å². The van der Waals surface area contributed by atoms with Crippen molar-refractivity contribution in [3.8, 4) is 0 Å². The summed E-state index contributed by atoms with van der Waals surface area (Å²) in [6.07, 6.45) is 2.93. The Morgan fingerprint density at radius 3 is 2.87 bits per heavy atom. The summed E-state index contributed by atoms with van der Waals surface area (Å²) >= 11 is 0. The number of hydrogen-bond acceptors (Lipinski definition) is 6. The fourth-order valence-corrected chi connectivity index (χ4v) is 3.13. The molecule has 0 aliphatic carbocycles. The molecule has 122 valence electrons. The van der Waals surface area contributed by atoms with E-state index in [2.05, 4.69) is 15.6 Å². The molecule has 2 aliphatic rings. The van der Waals surface area contributed by atoms with Gasteiger partial charge in [0.2, 0.25) is 0 Å². The monoisotopic (exact) mass is 317 g/mol. The predicted octanol–water partition coefficient (Wildman–Crippen LogP) is 0.0658. The number of rotatable bonds is 4. The van der Waals surface area contributed by atoms with Crippen LogP contribution < -0.4 is 10.6 Å². The quantitative estimate of drug-likeness (QED) is 0.763. The molecule has 2 N–H and O–H groups in total. The number of ketones is 1. The fourth-order valence-electron chi connectivity index (χ4n) is 3.13. The van der Waals surface area contributed by atoms with Gasteiger partial charge in [-0.15, -0.1) is 0 Å². The van der Waals surface area contributed by atoms with Crippen LogP contribution in [0.5, 0.6) is 0 Å². The van der Waals surface area contributed by atoms with E-state index in [1.54, 1.807) is 18.2 Å². The predicted molar refractivity (Wildman–Crippen MR) is 80.6 cm³/mol. The number of piperidine rings is 1. The Hall–Kier alpha value is -2.28. The smallest absolute Gasteiger partial charge is 0.306 e. The van der Waals surface area contributed by atoms with E-state index >= 15 is 0 Å². The van der Waals surface area contributed by atoms with Gasteiger partial charge in [-0.3, -0.25) is 19.4 Å². The van der Waals surface area contributed by atoms with E-state index < -0.39 is 11.5 Å². The Bertz CT molecular complexity index is 611. The standard InChI is InChI=1S/C16H19N3O4/c20-13-8-11(9-23-13)14(21)16(5-3-6-17-10-16)19-15(22)12-4-1-2-7-18-12/h1-2,4,7,11,17H,3,5-6,8-10H2,(H,19,22)/t11-,16+/m1/s1. The first kappa shape index (κ1) is 15.6. The first-order valence-corrected chi connectivity index (χ1v) is 7.75. The van der Waals surface area contributed by atoms with Gasteiger partial charge in [0.25, 0.3) is 5.91 Å². The summed E-state index contributed by atoms with van der Waals surface area (Å²) in [6, 6.07) is 5.05. The zero-order valence-electron chi connectivity index (χ0n) is 12.7. The van der Waals surface area contributed by atoms with E-state index in [0.29, 0.717) is 13.0 Å². The summed E-state index contributed by atoms with van der Waals surface area (Å²) in [6.45, 7) is 1.25. The number of amides is 1. The van der Waals surface area contributed by atoms with Crippen molar-refractivity contribution in [2.24, 2.45) is 5.92 Å². The molecule has 0 unspecified atom stereocenters. The summed E-state index contributed by atoms with van der Waals surface area (Å²) in [4.78, 5) is 40.7. The van der Waals surface area contributed by atoms with Gasteiger partial charge in [0.15, 0.2) is 5.78 Å². The molecule has 2 saturated heterocycles. The summed E-state index contributed by atoms with van der Waals surface area (Å²) in [5.41, 5.74) is -0.741. The highest BCUT2D eigenvalue weighted by Crippen LogP contribution is 2.26. The first-order valence-electron chi connectivity index (χ1n) is 7.75. The van der Waals surface area contributed by atoms with Crippen molar-refractivity contribution in [3.05, 3.63) is 30.1 Å². The third kappa shape index (κ3) is 3.24. The van der Waals surface area contributed by atoms with Gasteiger partial charge in [-0.1, -0.05) is 6.07 Å². The molecule has 2 atom stereocenters. The maximum atomic E-state index is 12.9. The third-order valence-corrected chi connectivity index (χ3v) is 4.34. The van der Waals surface area contributed by atoms with Crippen molar-refractivity contribution >= 4 is 17.7 Å². The van der Waals surface area contributed by atoms with Gasteiger partial charge >= 0.3 is 5.97 Å². The van der Waals surface area contributed by atoms with Gasteiger partial charge < -0.3 is 15.4 Å². The summed E-state index contributed by atoms with van der Waals surface area (Å²) < 4.78 is 4.91. The Balaban J connectivity index is 1.80. The number of nitrogens with one attached hydrogen (secondary N) is 2. The molecule has 1 amide bonds. The van der Waals surface area contributed by atoms with Gasteiger partial charge in [0.05, 0.1) is 12.3 Å². The second-order valence-corrected chi connectivity index (χ2v) is 5.98. The topological polar surface area (TPSA) is 97.4 Å². The van der Waals surface area contributed by atoms with Crippen LogP contribution in [-0.4, -0.2) is 47.9 Å². The molecule has 0 radical (unpaired) electrons. The molecule has 1 aromatic heterocycles. The first-order chi connectivity index (χ1) is 11.1. The second kappa shape index (κ2) is 6.45. The minimum atomic E-state index is -1.01. The number of aromatic nitrogens is 1. The molecule has 0 spiro atoms. The van der Waals surface area contributed by atoms with E-state index in [0.717, 1.165) is 13.0 Å². The van der Waals surface area contributed by atoms with Crippen molar-refractivity contribution in [2.45, 2.75) is 24.8 Å². The van der Waals surface area contributed by atoms with Crippen LogP contribution in [0.2, 0.25) is 0 Å². The van der Waals surface area contributed by atoms with Crippen LogP contribution in [0.1, 0.15) is 29.8 Å². The van der Waals surface area contributed by atoms with Crippen LogP contribution in [-0.2, 0) is 14.3 Å². The number of nitrogens with zero attached hydrogens (tertiary/aromatic N) is 1. The SMILES string of the molecule is O=C1C[C@@H](C(=O)[C@]2(NC(=O)c3ccccn3)CCCNC2)CO1. The number of Topliss-reactive ketones (excluding diaryl/α,β-unsaturated/α-hetero) is 1. The van der Waals surface area contributed by atoms with Gasteiger partial charge in [-0.05, 0) is 31.5 Å². The number of hydrogen-bond donors (Lipinski definition) is 2. The number of esters is 1. The van der Waals surface area contributed by atoms with Crippen LogP contribution in [0.4, 0.5) is 0 Å². The van der Waals surface area contributed by atoms with E-state index in [1.807, 2.05) is 0 Å². The summed E-state index contributed by atoms with van der Waals surface area (Å²) in [5.74, 6) is -1.38. The fraction of sp³-hybridized carbons (Fsp3) is 0.500. The summed E-state index contributed by atoms with van der Waals surface area (Å²) in [7, 11) is 0. The van der Waals surface area contributed by atoms with Crippen molar-refractivity contribution in [2.75, 3.05) is 19.7 Å². The average Bonchev–Trinajstić information content (AvgIpc) is 3.02. The molecule has 2 fully saturated rings. The van der Waals surface area contributed by atoms with E-state index in [1.165, 1.54) is 6.20 Å². The van der Waals surface area contributed by atoms with Crippen LogP contribution >= 0.6 is 0 Å². The molecule has 7 nitrogen and oxygen atoms in total. The van der Waals surface area contributed by atoms with Crippen molar-refractivity contribution in [1.82, 2.24) is 15.6 Å². The lowest BCUT2D eigenvalue weighted by molar-refractivity contribution is -0.137. The molecular formula is C16H19N3O4. The molecule has 2 aliphatic heterocycles. The highest BCUT2D eigenvalue weighted by atomic mass is 16.5. The molecule has 0 saturated carbocycles. The normalized spacial score (nSPS) is 27.3. The van der Waals surface area contributed by atoms with Gasteiger partial charge in [0, 0.05) is 12.7 Å². The minimum Gasteiger partial charge on any atom is -0.465 e. The van der Waals surface area contributed by atoms with E-state index in [-0.39, 0.29) is 36.4 Å². The molecule has 23 heavy (non-hydrogen) atoms. The van der Waals surface area contributed by atoms with Gasteiger partial charge in [-0.2, -0.15) is 0 Å². The number of cyclic esters (lactones) is 1.